The number of esters is 1. The van der Waals surface area contributed by atoms with Crippen LogP contribution in [0.3, 0.4) is 0 Å². The zero-order chi connectivity index (χ0) is 29.0. The first kappa shape index (κ1) is 29.9. The van der Waals surface area contributed by atoms with Crippen molar-refractivity contribution in [1.82, 2.24) is 0 Å². The Morgan fingerprint density at radius 3 is 2.27 bits per heavy atom. The molecule has 0 aliphatic rings. The number of carbonyl (C=O) groups excluding carboxylic acids is 3. The number of hydrogen-bond donors (Lipinski definition) is 2. The summed E-state index contributed by atoms with van der Waals surface area (Å²) in [6.45, 7) is 2.42. The third-order valence-electron chi connectivity index (χ3n) is 6.11. The Labute approximate surface area is 249 Å². The second-order valence-electron chi connectivity index (χ2n) is 9.34. The molecule has 0 heterocycles. The minimum Gasteiger partial charge on any atom is -0.462 e. The Kier molecular flexibility index (Phi) is 11.0. The number of rotatable bonds is 12. The van der Waals surface area contributed by atoms with E-state index in [4.69, 9.17) is 16.3 Å². The number of halogens is 1. The number of hydrogen-bond acceptors (Lipinski definition) is 5. The Bertz CT molecular complexity index is 1460. The van der Waals surface area contributed by atoms with Gasteiger partial charge in [0.05, 0.1) is 18.6 Å². The molecule has 4 rings (SSSR count). The van der Waals surface area contributed by atoms with Gasteiger partial charge in [-0.25, -0.2) is 4.79 Å². The van der Waals surface area contributed by atoms with E-state index in [1.54, 1.807) is 36.4 Å². The van der Waals surface area contributed by atoms with Gasteiger partial charge in [-0.1, -0.05) is 73.5 Å². The van der Waals surface area contributed by atoms with Crippen molar-refractivity contribution in [3.8, 4) is 0 Å². The number of carbonyl (C=O) groups is 3. The number of benzene rings is 4. The number of amides is 2. The molecule has 0 radical (unpaired) electrons. The average Bonchev–Trinajstić information content (AvgIpc) is 2.98. The molecule has 210 valence electrons. The third-order valence-corrected chi connectivity index (χ3v) is 7.61. The molecule has 4 aromatic carbocycles. The first-order valence-corrected chi connectivity index (χ1v) is 14.6. The fourth-order valence-corrected chi connectivity index (χ4v) is 5.18. The number of nitrogens with one attached hydrogen (secondary N) is 2. The lowest BCUT2D eigenvalue weighted by Gasteiger charge is -2.18. The molecule has 0 bridgehead atoms. The number of thioether (sulfide) groups is 1. The van der Waals surface area contributed by atoms with Crippen LogP contribution in [0.15, 0.2) is 108 Å². The number of ether oxygens (including phenoxy) is 1. The van der Waals surface area contributed by atoms with Crippen molar-refractivity contribution in [1.29, 1.82) is 0 Å². The van der Waals surface area contributed by atoms with Gasteiger partial charge in [-0.3, -0.25) is 9.59 Å². The maximum atomic E-state index is 13.5. The average molecular weight is 587 g/mol. The lowest BCUT2D eigenvalue weighted by atomic mass is 10.1. The highest BCUT2D eigenvalue weighted by Gasteiger charge is 2.23. The summed E-state index contributed by atoms with van der Waals surface area (Å²) in [4.78, 5) is 39.1. The summed E-state index contributed by atoms with van der Waals surface area (Å²) in [6, 6.07) is 30.8. The molecule has 1 atom stereocenters. The van der Waals surface area contributed by atoms with Crippen molar-refractivity contribution in [2.45, 2.75) is 36.3 Å². The molecule has 0 aliphatic carbocycles. The van der Waals surface area contributed by atoms with Crippen LogP contribution < -0.4 is 10.6 Å². The quantitative estimate of drug-likeness (QED) is 0.0999. The van der Waals surface area contributed by atoms with Gasteiger partial charge in [0.1, 0.15) is 5.25 Å². The SMILES string of the molecule is CCCCOC(=O)c1ccc(NC(=O)C(Sc2cccc(NC(=O)Cc3ccc(Cl)cc3)c2)c2ccccc2)cc1. The normalized spacial score (nSPS) is 11.4. The van der Waals surface area contributed by atoms with Gasteiger partial charge in [-0.2, -0.15) is 0 Å². The number of unbranched alkanes of at least 4 members (excludes halogenated alkanes) is 1. The van der Waals surface area contributed by atoms with Crippen LogP contribution in [-0.4, -0.2) is 24.4 Å². The Balaban J connectivity index is 1.43. The van der Waals surface area contributed by atoms with Crippen molar-refractivity contribution < 1.29 is 19.1 Å². The summed E-state index contributed by atoms with van der Waals surface area (Å²) in [7, 11) is 0. The molecule has 8 heteroatoms. The lowest BCUT2D eigenvalue weighted by molar-refractivity contribution is -0.116. The largest absolute Gasteiger partial charge is 0.462 e. The summed E-state index contributed by atoms with van der Waals surface area (Å²) in [5.74, 6) is -0.740. The van der Waals surface area contributed by atoms with Gasteiger partial charge in [0.2, 0.25) is 11.8 Å². The fourth-order valence-electron chi connectivity index (χ4n) is 3.97. The lowest BCUT2D eigenvalue weighted by Crippen LogP contribution is -2.19. The van der Waals surface area contributed by atoms with Crippen LogP contribution in [0.5, 0.6) is 0 Å². The second kappa shape index (κ2) is 15.1. The third kappa shape index (κ3) is 9.23. The summed E-state index contributed by atoms with van der Waals surface area (Å²) in [5.41, 5.74) is 3.35. The molecule has 6 nitrogen and oxygen atoms in total. The standard InChI is InChI=1S/C33H31ClN2O4S/c1-2-3-20-40-33(39)25-14-18-27(19-15-25)36-32(38)31(24-8-5-4-6-9-24)41-29-11-7-10-28(22-29)35-30(37)21-23-12-16-26(34)17-13-23/h4-19,22,31H,2-3,20-21H2,1H3,(H,35,37)(H,36,38). The van der Waals surface area contributed by atoms with Gasteiger partial charge >= 0.3 is 5.97 Å². The molecule has 2 N–H and O–H groups in total. The van der Waals surface area contributed by atoms with Gasteiger partial charge in [-0.05, 0) is 72.1 Å². The Morgan fingerprint density at radius 1 is 0.829 bits per heavy atom. The minimum atomic E-state index is -0.560. The molecule has 0 saturated carbocycles. The maximum absolute atomic E-state index is 13.5. The predicted molar refractivity (Wildman–Crippen MR) is 166 cm³/mol. The topological polar surface area (TPSA) is 84.5 Å². The molecule has 2 amide bonds. The first-order valence-electron chi connectivity index (χ1n) is 13.4. The van der Waals surface area contributed by atoms with E-state index in [1.165, 1.54) is 11.8 Å². The van der Waals surface area contributed by atoms with Gasteiger partial charge in [0.15, 0.2) is 0 Å². The van der Waals surface area contributed by atoms with Crippen molar-refractivity contribution in [2.75, 3.05) is 17.2 Å². The van der Waals surface area contributed by atoms with E-state index in [2.05, 4.69) is 10.6 Å². The first-order chi connectivity index (χ1) is 19.9. The molecule has 0 spiro atoms. The highest BCUT2D eigenvalue weighted by Crippen LogP contribution is 2.37. The minimum absolute atomic E-state index is 0.149. The summed E-state index contributed by atoms with van der Waals surface area (Å²) < 4.78 is 5.26. The van der Waals surface area contributed by atoms with Crippen LogP contribution in [-0.2, 0) is 20.7 Å². The molecule has 0 saturated heterocycles. The van der Waals surface area contributed by atoms with E-state index < -0.39 is 5.25 Å². The van der Waals surface area contributed by atoms with E-state index in [1.807, 2.05) is 73.7 Å². The van der Waals surface area contributed by atoms with Crippen LogP contribution in [0.2, 0.25) is 5.02 Å². The second-order valence-corrected chi connectivity index (χ2v) is 11.0. The summed E-state index contributed by atoms with van der Waals surface area (Å²) >= 11 is 7.32. The van der Waals surface area contributed by atoms with E-state index >= 15 is 0 Å². The number of anilines is 2. The highest BCUT2D eigenvalue weighted by atomic mass is 35.5. The van der Waals surface area contributed by atoms with Gasteiger partial charge in [-0.15, -0.1) is 11.8 Å². The van der Waals surface area contributed by atoms with Gasteiger partial charge < -0.3 is 15.4 Å². The highest BCUT2D eigenvalue weighted by molar-refractivity contribution is 8.00. The van der Waals surface area contributed by atoms with Crippen molar-refractivity contribution in [3.63, 3.8) is 0 Å². The Morgan fingerprint density at radius 2 is 1.56 bits per heavy atom. The molecule has 4 aromatic rings. The van der Waals surface area contributed by atoms with Crippen molar-refractivity contribution >= 4 is 52.5 Å². The van der Waals surface area contributed by atoms with Gasteiger partial charge in [0.25, 0.3) is 0 Å². The van der Waals surface area contributed by atoms with Gasteiger partial charge in [0, 0.05) is 21.3 Å². The zero-order valence-electron chi connectivity index (χ0n) is 22.6. The van der Waals surface area contributed by atoms with Crippen LogP contribution in [0, 0.1) is 0 Å². The summed E-state index contributed by atoms with van der Waals surface area (Å²) in [5, 5.41) is 5.96. The van der Waals surface area contributed by atoms with Crippen LogP contribution in [0.1, 0.15) is 46.5 Å². The molecule has 0 aromatic heterocycles. The maximum Gasteiger partial charge on any atom is 0.338 e. The van der Waals surface area contributed by atoms with Crippen LogP contribution in [0.25, 0.3) is 0 Å². The fraction of sp³-hybridized carbons (Fsp3) is 0.182. The molecule has 0 fully saturated rings. The smallest absolute Gasteiger partial charge is 0.338 e. The van der Waals surface area contributed by atoms with E-state index in [0.717, 1.165) is 28.9 Å². The Hall–Kier alpha value is -4.07. The predicted octanol–water partition coefficient (Wildman–Crippen LogP) is 7.95. The van der Waals surface area contributed by atoms with Crippen LogP contribution in [0.4, 0.5) is 11.4 Å². The molecule has 0 aliphatic heterocycles. The zero-order valence-corrected chi connectivity index (χ0v) is 24.2. The molecule has 1 unspecified atom stereocenters. The van der Waals surface area contributed by atoms with Crippen molar-refractivity contribution in [2.24, 2.45) is 0 Å². The molecule has 41 heavy (non-hydrogen) atoms. The molecular weight excluding hydrogens is 556 g/mol. The summed E-state index contributed by atoms with van der Waals surface area (Å²) in [6.07, 6.45) is 1.98. The van der Waals surface area contributed by atoms with E-state index in [0.29, 0.717) is 28.6 Å². The monoisotopic (exact) mass is 586 g/mol. The van der Waals surface area contributed by atoms with Crippen LogP contribution >= 0.6 is 23.4 Å². The van der Waals surface area contributed by atoms with E-state index in [9.17, 15) is 14.4 Å². The molecular formula is C33H31ClN2O4S. The van der Waals surface area contributed by atoms with Crippen molar-refractivity contribution in [3.05, 3.63) is 125 Å². The van der Waals surface area contributed by atoms with E-state index in [-0.39, 0.29) is 24.2 Å².